The molecule has 1 saturated heterocycles. The Bertz CT molecular complexity index is 1200. The van der Waals surface area contributed by atoms with Crippen LogP contribution < -0.4 is 9.80 Å². The summed E-state index contributed by atoms with van der Waals surface area (Å²) in [5.74, 6) is -1.82. The number of carbonyl (C=O) groups excluding carboxylic acids is 1. The monoisotopic (exact) mass is 453 g/mol. The molecule has 2 aromatic heterocycles. The second-order valence-corrected chi connectivity index (χ2v) is 8.86. The first-order valence-electron chi connectivity index (χ1n) is 10.5. The standard InChI is InChI=1S/C24H21F2N3O2S/c25-17-7-8-21(19(26)14-17)29(15-18-4-3-13-32-18)23(30)16-9-11-28(12-10-16)24-27-20-5-1-2-6-22(20)31-24/h1-8,13-14,16H,9-12,15H2. The maximum atomic E-state index is 14.6. The smallest absolute Gasteiger partial charge is 0.298 e. The van der Waals surface area contributed by atoms with E-state index in [1.165, 1.54) is 28.4 Å². The van der Waals surface area contributed by atoms with Gasteiger partial charge in [-0.3, -0.25) is 4.79 Å². The van der Waals surface area contributed by atoms with Gasteiger partial charge in [-0.15, -0.1) is 11.3 Å². The van der Waals surface area contributed by atoms with Gasteiger partial charge in [0.05, 0.1) is 12.2 Å². The molecule has 0 saturated carbocycles. The number of nitrogens with zero attached hydrogens (tertiary/aromatic N) is 3. The number of piperidine rings is 1. The quantitative estimate of drug-likeness (QED) is 0.394. The Morgan fingerprint density at radius 2 is 1.94 bits per heavy atom. The van der Waals surface area contributed by atoms with Crippen LogP contribution in [0.25, 0.3) is 11.1 Å². The van der Waals surface area contributed by atoms with Gasteiger partial charge < -0.3 is 14.2 Å². The van der Waals surface area contributed by atoms with Crippen molar-refractivity contribution in [2.75, 3.05) is 22.9 Å². The largest absolute Gasteiger partial charge is 0.423 e. The molecule has 0 spiro atoms. The summed E-state index contributed by atoms with van der Waals surface area (Å²) in [6.07, 6.45) is 1.20. The van der Waals surface area contributed by atoms with E-state index in [2.05, 4.69) is 4.98 Å². The number of rotatable bonds is 5. The Kier molecular flexibility index (Phi) is 5.61. The van der Waals surface area contributed by atoms with Crippen LogP contribution in [0.5, 0.6) is 0 Å². The Balaban J connectivity index is 1.33. The molecule has 2 aromatic carbocycles. The molecular weight excluding hydrogens is 432 g/mol. The second kappa shape index (κ2) is 8.70. The zero-order valence-corrected chi connectivity index (χ0v) is 18.0. The van der Waals surface area contributed by atoms with Crippen molar-refractivity contribution < 1.29 is 18.0 Å². The van der Waals surface area contributed by atoms with Gasteiger partial charge in [-0.2, -0.15) is 4.98 Å². The molecule has 0 bridgehead atoms. The predicted molar refractivity (Wildman–Crippen MR) is 121 cm³/mol. The van der Waals surface area contributed by atoms with Crippen LogP contribution in [0.3, 0.4) is 0 Å². The Morgan fingerprint density at radius 1 is 1.12 bits per heavy atom. The number of fused-ring (bicyclic) bond motifs is 1. The lowest BCUT2D eigenvalue weighted by Gasteiger charge is -2.33. The van der Waals surface area contributed by atoms with E-state index in [0.29, 0.717) is 31.9 Å². The minimum absolute atomic E-state index is 0.103. The number of anilines is 2. The number of aromatic nitrogens is 1. The fourth-order valence-electron chi connectivity index (χ4n) is 4.07. The number of hydrogen-bond acceptors (Lipinski definition) is 5. The van der Waals surface area contributed by atoms with Gasteiger partial charge in [0.15, 0.2) is 5.58 Å². The van der Waals surface area contributed by atoms with Crippen LogP contribution in [0.15, 0.2) is 64.4 Å². The third-order valence-electron chi connectivity index (χ3n) is 5.76. The van der Waals surface area contributed by atoms with Gasteiger partial charge in [0.1, 0.15) is 17.2 Å². The Labute approximate surface area is 187 Å². The number of benzene rings is 2. The molecule has 0 radical (unpaired) electrons. The summed E-state index contributed by atoms with van der Waals surface area (Å²) in [4.78, 5) is 22.4. The lowest BCUT2D eigenvalue weighted by molar-refractivity contribution is -0.123. The SMILES string of the molecule is O=C(C1CCN(c2nc3ccccc3o2)CC1)N(Cc1cccs1)c1ccc(F)cc1F. The molecule has 32 heavy (non-hydrogen) atoms. The maximum absolute atomic E-state index is 14.6. The van der Waals surface area contributed by atoms with E-state index >= 15 is 0 Å². The summed E-state index contributed by atoms with van der Waals surface area (Å²) in [6.45, 7) is 1.48. The fraction of sp³-hybridized carbons (Fsp3) is 0.250. The van der Waals surface area contributed by atoms with E-state index in [4.69, 9.17) is 4.42 Å². The van der Waals surface area contributed by atoms with Gasteiger partial charge in [-0.25, -0.2) is 8.78 Å². The highest BCUT2D eigenvalue weighted by Crippen LogP contribution is 2.30. The van der Waals surface area contributed by atoms with Gasteiger partial charge in [-0.1, -0.05) is 18.2 Å². The van der Waals surface area contributed by atoms with Crippen molar-refractivity contribution in [2.24, 2.45) is 5.92 Å². The van der Waals surface area contributed by atoms with Crippen molar-refractivity contribution in [2.45, 2.75) is 19.4 Å². The Morgan fingerprint density at radius 3 is 2.66 bits per heavy atom. The van der Waals surface area contributed by atoms with Gasteiger partial charge >= 0.3 is 0 Å². The summed E-state index contributed by atoms with van der Waals surface area (Å²) >= 11 is 1.50. The molecule has 0 N–H and O–H groups in total. The van der Waals surface area contributed by atoms with Crippen molar-refractivity contribution in [1.29, 1.82) is 0 Å². The number of hydrogen-bond donors (Lipinski definition) is 0. The fourth-order valence-corrected chi connectivity index (χ4v) is 4.77. The second-order valence-electron chi connectivity index (χ2n) is 7.82. The predicted octanol–water partition coefficient (Wildman–Crippen LogP) is 5.62. The van der Waals surface area contributed by atoms with E-state index in [0.717, 1.165) is 22.0 Å². The van der Waals surface area contributed by atoms with Crippen molar-refractivity contribution in [3.63, 3.8) is 0 Å². The number of halogens is 2. The number of thiophene rings is 1. The molecule has 1 fully saturated rings. The van der Waals surface area contributed by atoms with E-state index in [-0.39, 0.29) is 24.1 Å². The highest BCUT2D eigenvalue weighted by molar-refractivity contribution is 7.09. The molecule has 0 atom stereocenters. The molecule has 0 aliphatic carbocycles. The molecular formula is C24H21F2N3O2S. The average Bonchev–Trinajstić information content (AvgIpc) is 3.47. The summed E-state index contributed by atoms with van der Waals surface area (Å²) in [5, 5.41) is 1.91. The van der Waals surface area contributed by atoms with Crippen LogP contribution in [0, 0.1) is 17.6 Å². The van der Waals surface area contributed by atoms with E-state index in [9.17, 15) is 13.6 Å². The molecule has 5 rings (SSSR count). The van der Waals surface area contributed by atoms with E-state index in [1.54, 1.807) is 0 Å². The summed E-state index contributed by atoms with van der Waals surface area (Å²) in [6, 6.07) is 15.3. The van der Waals surface area contributed by atoms with Gasteiger partial charge in [0.25, 0.3) is 6.01 Å². The van der Waals surface area contributed by atoms with E-state index in [1.807, 2.05) is 46.7 Å². The van der Waals surface area contributed by atoms with Crippen LogP contribution in [-0.4, -0.2) is 24.0 Å². The zero-order chi connectivity index (χ0) is 22.1. The molecule has 3 heterocycles. The van der Waals surface area contributed by atoms with Crippen molar-refractivity contribution in [3.05, 3.63) is 76.5 Å². The highest BCUT2D eigenvalue weighted by atomic mass is 32.1. The molecule has 4 aromatic rings. The first kappa shape index (κ1) is 20.6. The van der Waals surface area contributed by atoms with Crippen molar-refractivity contribution in [1.82, 2.24) is 4.98 Å². The van der Waals surface area contributed by atoms with Crippen molar-refractivity contribution in [3.8, 4) is 0 Å². The normalized spacial score (nSPS) is 14.8. The van der Waals surface area contributed by atoms with E-state index < -0.39 is 11.6 Å². The molecule has 164 valence electrons. The summed E-state index contributed by atoms with van der Waals surface area (Å²) < 4.78 is 33.9. The number of carbonyl (C=O) groups is 1. The minimum Gasteiger partial charge on any atom is -0.423 e. The van der Waals surface area contributed by atoms with Gasteiger partial charge in [-0.05, 0) is 48.6 Å². The Hall–Kier alpha value is -3.26. The lowest BCUT2D eigenvalue weighted by atomic mass is 9.95. The van der Waals surface area contributed by atoms with Gasteiger partial charge in [0.2, 0.25) is 5.91 Å². The van der Waals surface area contributed by atoms with Crippen molar-refractivity contribution >= 4 is 40.0 Å². The number of amides is 1. The van der Waals surface area contributed by atoms with Crippen LogP contribution >= 0.6 is 11.3 Å². The first-order chi connectivity index (χ1) is 15.6. The number of para-hydroxylation sites is 2. The topological polar surface area (TPSA) is 49.6 Å². The molecule has 5 nitrogen and oxygen atoms in total. The lowest BCUT2D eigenvalue weighted by Crippen LogP contribution is -2.43. The highest BCUT2D eigenvalue weighted by Gasteiger charge is 2.32. The van der Waals surface area contributed by atoms with Crippen LogP contribution in [-0.2, 0) is 11.3 Å². The minimum atomic E-state index is -0.737. The average molecular weight is 454 g/mol. The molecule has 0 unspecified atom stereocenters. The third-order valence-corrected chi connectivity index (χ3v) is 6.62. The summed E-state index contributed by atoms with van der Waals surface area (Å²) in [5.41, 5.74) is 1.63. The van der Waals surface area contributed by atoms with Gasteiger partial charge in [0, 0.05) is 30.0 Å². The maximum Gasteiger partial charge on any atom is 0.298 e. The number of oxazole rings is 1. The van der Waals surface area contributed by atoms with Crippen LogP contribution in [0.2, 0.25) is 0 Å². The zero-order valence-electron chi connectivity index (χ0n) is 17.2. The molecule has 1 amide bonds. The third kappa shape index (κ3) is 4.10. The molecule has 8 heteroatoms. The van der Waals surface area contributed by atoms with Crippen LogP contribution in [0.1, 0.15) is 17.7 Å². The molecule has 1 aliphatic rings. The van der Waals surface area contributed by atoms with Crippen LogP contribution in [0.4, 0.5) is 20.5 Å². The first-order valence-corrected chi connectivity index (χ1v) is 11.4. The summed E-state index contributed by atoms with van der Waals surface area (Å²) in [7, 11) is 0. The molecule has 1 aliphatic heterocycles.